The molecular formula is C19H25ClN2O4. The van der Waals surface area contributed by atoms with Crippen molar-refractivity contribution in [1.82, 2.24) is 4.90 Å². The number of aliphatic carboxylic acids is 1. The van der Waals surface area contributed by atoms with Crippen LogP contribution in [0.25, 0.3) is 0 Å². The van der Waals surface area contributed by atoms with Crippen LogP contribution in [0, 0.1) is 11.3 Å². The number of carboxylic acid groups (broad SMARTS) is 1. The zero-order valence-electron chi connectivity index (χ0n) is 15.3. The summed E-state index contributed by atoms with van der Waals surface area (Å²) in [7, 11) is 0. The SMILES string of the molecule is CC(C)(C)CC(=O)Nc1ccc(Cl)c(C(=O)N2CCC(C(=O)O)CC2)c1. The predicted molar refractivity (Wildman–Crippen MR) is 100 cm³/mol. The summed E-state index contributed by atoms with van der Waals surface area (Å²) in [5.74, 6) is -1.59. The molecule has 0 aromatic heterocycles. The Hall–Kier alpha value is -2.08. The van der Waals surface area contributed by atoms with Crippen LogP contribution in [0.3, 0.4) is 0 Å². The van der Waals surface area contributed by atoms with Gasteiger partial charge in [0.05, 0.1) is 16.5 Å². The van der Waals surface area contributed by atoms with E-state index in [0.717, 1.165) is 0 Å². The third-order valence-electron chi connectivity index (χ3n) is 4.30. The summed E-state index contributed by atoms with van der Waals surface area (Å²) in [6.07, 6.45) is 1.23. The fourth-order valence-electron chi connectivity index (χ4n) is 2.95. The van der Waals surface area contributed by atoms with Crippen molar-refractivity contribution in [1.29, 1.82) is 0 Å². The van der Waals surface area contributed by atoms with Crippen LogP contribution in [-0.2, 0) is 9.59 Å². The van der Waals surface area contributed by atoms with Crippen LogP contribution < -0.4 is 5.32 Å². The molecule has 0 unspecified atom stereocenters. The maximum Gasteiger partial charge on any atom is 0.306 e. The maximum atomic E-state index is 12.7. The molecule has 1 aromatic carbocycles. The minimum absolute atomic E-state index is 0.125. The largest absolute Gasteiger partial charge is 0.481 e. The summed E-state index contributed by atoms with van der Waals surface area (Å²) >= 11 is 6.18. The van der Waals surface area contributed by atoms with Gasteiger partial charge in [-0.05, 0) is 36.5 Å². The molecule has 1 fully saturated rings. The quantitative estimate of drug-likeness (QED) is 0.834. The average Bonchev–Trinajstić information content (AvgIpc) is 2.54. The number of likely N-dealkylation sites (tertiary alicyclic amines) is 1. The number of nitrogens with zero attached hydrogens (tertiary/aromatic N) is 1. The molecular weight excluding hydrogens is 356 g/mol. The van der Waals surface area contributed by atoms with Crippen molar-refractivity contribution < 1.29 is 19.5 Å². The van der Waals surface area contributed by atoms with Crippen LogP contribution >= 0.6 is 11.6 Å². The smallest absolute Gasteiger partial charge is 0.306 e. The molecule has 1 aliphatic heterocycles. The van der Waals surface area contributed by atoms with E-state index in [0.29, 0.717) is 48.6 Å². The lowest BCUT2D eigenvalue weighted by atomic mass is 9.92. The molecule has 0 bridgehead atoms. The molecule has 0 atom stereocenters. The van der Waals surface area contributed by atoms with Gasteiger partial charge in [0.25, 0.3) is 5.91 Å². The highest BCUT2D eigenvalue weighted by atomic mass is 35.5. The van der Waals surface area contributed by atoms with Gasteiger partial charge in [-0.25, -0.2) is 0 Å². The second-order valence-corrected chi connectivity index (χ2v) is 8.29. The standard InChI is InChI=1S/C19H25ClN2O4/c1-19(2,3)11-16(23)21-13-4-5-15(20)14(10-13)17(24)22-8-6-12(7-9-22)18(25)26/h4-5,10,12H,6-9,11H2,1-3H3,(H,21,23)(H,25,26). The molecule has 1 aliphatic rings. The average molecular weight is 381 g/mol. The molecule has 26 heavy (non-hydrogen) atoms. The summed E-state index contributed by atoms with van der Waals surface area (Å²) in [6, 6.07) is 4.83. The fraction of sp³-hybridized carbons (Fsp3) is 0.526. The third kappa shape index (κ3) is 5.46. The predicted octanol–water partition coefficient (Wildman–Crippen LogP) is 3.65. The van der Waals surface area contributed by atoms with Crippen molar-refractivity contribution in [2.45, 2.75) is 40.0 Å². The molecule has 2 amide bonds. The number of anilines is 1. The molecule has 0 spiro atoms. The summed E-state index contributed by atoms with van der Waals surface area (Å²) in [5.41, 5.74) is 0.699. The van der Waals surface area contributed by atoms with Gasteiger partial charge in [0.1, 0.15) is 0 Å². The van der Waals surface area contributed by atoms with E-state index in [1.165, 1.54) is 0 Å². The number of hydrogen-bond donors (Lipinski definition) is 2. The van der Waals surface area contributed by atoms with Crippen LogP contribution in [0.1, 0.15) is 50.4 Å². The van der Waals surface area contributed by atoms with Gasteiger partial charge in [0.2, 0.25) is 5.91 Å². The second-order valence-electron chi connectivity index (χ2n) is 7.88. The molecule has 7 heteroatoms. The first kappa shape index (κ1) is 20.2. The van der Waals surface area contributed by atoms with E-state index < -0.39 is 11.9 Å². The highest BCUT2D eigenvalue weighted by Crippen LogP contribution is 2.26. The Kier molecular flexibility index (Phi) is 6.29. The van der Waals surface area contributed by atoms with E-state index in [1.807, 2.05) is 20.8 Å². The first-order valence-electron chi connectivity index (χ1n) is 8.68. The number of carbonyl (C=O) groups is 3. The van der Waals surface area contributed by atoms with E-state index in [1.54, 1.807) is 23.1 Å². The Morgan fingerprint density at radius 2 is 1.85 bits per heavy atom. The zero-order valence-corrected chi connectivity index (χ0v) is 16.1. The highest BCUT2D eigenvalue weighted by molar-refractivity contribution is 6.34. The summed E-state index contributed by atoms with van der Waals surface area (Å²) in [6.45, 7) is 6.69. The maximum absolute atomic E-state index is 12.7. The van der Waals surface area contributed by atoms with Crippen molar-refractivity contribution in [3.05, 3.63) is 28.8 Å². The van der Waals surface area contributed by atoms with E-state index in [2.05, 4.69) is 5.32 Å². The van der Waals surface area contributed by atoms with Gasteiger partial charge in [0, 0.05) is 25.2 Å². The minimum Gasteiger partial charge on any atom is -0.481 e. The van der Waals surface area contributed by atoms with Gasteiger partial charge >= 0.3 is 5.97 Å². The van der Waals surface area contributed by atoms with Crippen molar-refractivity contribution >= 4 is 35.1 Å². The van der Waals surface area contributed by atoms with E-state index in [9.17, 15) is 14.4 Å². The van der Waals surface area contributed by atoms with Gasteiger partial charge in [-0.1, -0.05) is 32.4 Å². The lowest BCUT2D eigenvalue weighted by molar-refractivity contribution is -0.143. The number of nitrogens with one attached hydrogen (secondary N) is 1. The molecule has 2 N–H and O–H groups in total. The Morgan fingerprint density at radius 3 is 2.38 bits per heavy atom. The lowest BCUT2D eigenvalue weighted by Crippen LogP contribution is -2.40. The Morgan fingerprint density at radius 1 is 1.23 bits per heavy atom. The van der Waals surface area contributed by atoms with Crippen molar-refractivity contribution in [3.63, 3.8) is 0 Å². The molecule has 1 heterocycles. The lowest BCUT2D eigenvalue weighted by Gasteiger charge is -2.30. The zero-order chi connectivity index (χ0) is 19.5. The molecule has 0 saturated carbocycles. The first-order chi connectivity index (χ1) is 12.1. The van der Waals surface area contributed by atoms with Crippen molar-refractivity contribution in [3.8, 4) is 0 Å². The van der Waals surface area contributed by atoms with Crippen molar-refractivity contribution in [2.24, 2.45) is 11.3 Å². The molecule has 1 aromatic rings. The van der Waals surface area contributed by atoms with Gasteiger partial charge in [0.15, 0.2) is 0 Å². The van der Waals surface area contributed by atoms with Crippen molar-refractivity contribution in [2.75, 3.05) is 18.4 Å². The summed E-state index contributed by atoms with van der Waals surface area (Å²) in [5, 5.41) is 12.2. The number of piperidine rings is 1. The molecule has 1 saturated heterocycles. The fourth-order valence-corrected chi connectivity index (χ4v) is 3.15. The van der Waals surface area contributed by atoms with Gasteiger partial charge in [-0.2, -0.15) is 0 Å². The number of benzene rings is 1. The normalized spacial score (nSPS) is 15.6. The van der Waals surface area contributed by atoms with Gasteiger partial charge < -0.3 is 15.3 Å². The summed E-state index contributed by atoms with van der Waals surface area (Å²) < 4.78 is 0. The van der Waals surface area contributed by atoms with Crippen LogP contribution in [0.2, 0.25) is 5.02 Å². The van der Waals surface area contributed by atoms with E-state index >= 15 is 0 Å². The highest BCUT2D eigenvalue weighted by Gasteiger charge is 2.28. The van der Waals surface area contributed by atoms with E-state index in [-0.39, 0.29) is 17.2 Å². The Balaban J connectivity index is 2.08. The monoisotopic (exact) mass is 380 g/mol. The molecule has 142 valence electrons. The number of hydrogen-bond acceptors (Lipinski definition) is 3. The second kappa shape index (κ2) is 8.08. The number of amides is 2. The minimum atomic E-state index is -0.821. The summed E-state index contributed by atoms with van der Waals surface area (Å²) in [4.78, 5) is 37.5. The van der Waals surface area contributed by atoms with E-state index in [4.69, 9.17) is 16.7 Å². The van der Waals surface area contributed by atoms with Gasteiger partial charge in [-0.15, -0.1) is 0 Å². The van der Waals surface area contributed by atoms with Crippen LogP contribution in [0.15, 0.2) is 18.2 Å². The molecule has 0 aliphatic carbocycles. The van der Waals surface area contributed by atoms with Gasteiger partial charge in [-0.3, -0.25) is 14.4 Å². The first-order valence-corrected chi connectivity index (χ1v) is 9.06. The van der Waals surface area contributed by atoms with Crippen LogP contribution in [-0.4, -0.2) is 40.9 Å². The van der Waals surface area contributed by atoms with Crippen LogP contribution in [0.4, 0.5) is 5.69 Å². The molecule has 2 rings (SSSR count). The number of halogens is 1. The molecule has 0 radical (unpaired) electrons. The Labute approximate surface area is 158 Å². The number of rotatable bonds is 4. The third-order valence-corrected chi connectivity index (χ3v) is 4.63. The van der Waals surface area contributed by atoms with Crippen LogP contribution in [0.5, 0.6) is 0 Å². The number of carbonyl (C=O) groups excluding carboxylic acids is 2. The number of carboxylic acids is 1. The molecule has 6 nitrogen and oxygen atoms in total. The Bertz CT molecular complexity index is 704. The topological polar surface area (TPSA) is 86.7 Å².